The Labute approximate surface area is 194 Å². The summed E-state index contributed by atoms with van der Waals surface area (Å²) in [5.74, 6) is -1.36. The number of hydrogen-bond donors (Lipinski definition) is 3. The second-order valence-electron chi connectivity index (χ2n) is 7.26. The zero-order chi connectivity index (χ0) is 24.9. The number of nitrogens with one attached hydrogen (secondary N) is 3. The Kier molecular flexibility index (Phi) is 7.38. The summed E-state index contributed by atoms with van der Waals surface area (Å²) in [4.78, 5) is 25.0. The van der Waals surface area contributed by atoms with Crippen LogP contribution in [0.5, 0.6) is 0 Å². The summed E-state index contributed by atoms with van der Waals surface area (Å²) in [6, 6.07) is 16.3. The van der Waals surface area contributed by atoms with Gasteiger partial charge in [-0.3, -0.25) is 9.59 Å². The third kappa shape index (κ3) is 6.42. The maximum absolute atomic E-state index is 12.9. The van der Waals surface area contributed by atoms with Gasteiger partial charge in [0.25, 0.3) is 5.91 Å². The van der Waals surface area contributed by atoms with Crippen LogP contribution < -0.4 is 15.4 Å². The van der Waals surface area contributed by atoms with Gasteiger partial charge in [-0.05, 0) is 55.5 Å². The lowest BCUT2D eigenvalue weighted by atomic mass is 10.1. The van der Waals surface area contributed by atoms with Crippen LogP contribution >= 0.6 is 0 Å². The molecule has 1 atom stereocenters. The number of carbonyl (C=O) groups is 2. The van der Waals surface area contributed by atoms with Crippen molar-refractivity contribution in [2.75, 3.05) is 10.6 Å². The van der Waals surface area contributed by atoms with Crippen LogP contribution in [-0.2, 0) is 21.0 Å². The molecule has 7 nitrogen and oxygen atoms in total. The Balaban J connectivity index is 1.67. The fraction of sp³-hybridized carbons (Fsp3) is 0.130. The monoisotopic (exact) mass is 491 g/mol. The number of amides is 2. The summed E-state index contributed by atoms with van der Waals surface area (Å²) in [6.07, 6.45) is -4.55. The van der Waals surface area contributed by atoms with E-state index in [1.165, 1.54) is 55.5 Å². The van der Waals surface area contributed by atoms with E-state index in [1.54, 1.807) is 18.2 Å². The zero-order valence-electron chi connectivity index (χ0n) is 17.8. The summed E-state index contributed by atoms with van der Waals surface area (Å²) >= 11 is 0. The lowest BCUT2D eigenvalue weighted by molar-refractivity contribution is -0.137. The van der Waals surface area contributed by atoms with Gasteiger partial charge in [-0.15, -0.1) is 0 Å². The molecule has 3 aromatic carbocycles. The van der Waals surface area contributed by atoms with Crippen LogP contribution in [0.1, 0.15) is 22.8 Å². The quantitative estimate of drug-likeness (QED) is 0.459. The highest BCUT2D eigenvalue weighted by Crippen LogP contribution is 2.30. The number of anilines is 2. The molecule has 3 rings (SSSR count). The van der Waals surface area contributed by atoms with Crippen LogP contribution in [0.25, 0.3) is 0 Å². The molecule has 0 radical (unpaired) electrons. The molecule has 0 fully saturated rings. The van der Waals surface area contributed by atoms with Gasteiger partial charge in [0.15, 0.2) is 0 Å². The average Bonchev–Trinajstić information content (AvgIpc) is 2.79. The number of hydrogen-bond acceptors (Lipinski definition) is 4. The highest BCUT2D eigenvalue weighted by molar-refractivity contribution is 7.89. The van der Waals surface area contributed by atoms with Crippen molar-refractivity contribution in [2.45, 2.75) is 24.0 Å². The second-order valence-corrected chi connectivity index (χ2v) is 8.97. The van der Waals surface area contributed by atoms with Crippen LogP contribution in [0.15, 0.2) is 83.8 Å². The van der Waals surface area contributed by atoms with E-state index in [4.69, 9.17) is 0 Å². The van der Waals surface area contributed by atoms with Gasteiger partial charge in [0.2, 0.25) is 15.9 Å². The van der Waals surface area contributed by atoms with Gasteiger partial charge in [-0.1, -0.05) is 30.3 Å². The molecule has 11 heteroatoms. The molecule has 0 heterocycles. The molecule has 0 saturated heterocycles. The van der Waals surface area contributed by atoms with Crippen molar-refractivity contribution in [1.82, 2.24) is 4.72 Å². The van der Waals surface area contributed by atoms with Crippen molar-refractivity contribution in [3.05, 3.63) is 90.0 Å². The summed E-state index contributed by atoms with van der Waals surface area (Å²) < 4.78 is 65.7. The standard InChI is InChI=1S/C23H20F3N3O4S/c1-15(29-34(32,33)20-11-3-2-4-12-20)21(30)27-18-9-5-7-16(13-18)22(31)28-19-10-6-8-17(14-19)23(24,25)26/h2-15,29H,1H3,(H,27,30)(H,28,31). The lowest BCUT2D eigenvalue weighted by Crippen LogP contribution is -2.41. The van der Waals surface area contributed by atoms with Crippen LogP contribution in [-0.4, -0.2) is 26.3 Å². The molecule has 0 spiro atoms. The first-order valence-corrected chi connectivity index (χ1v) is 11.4. The van der Waals surface area contributed by atoms with Crippen molar-refractivity contribution < 1.29 is 31.2 Å². The van der Waals surface area contributed by atoms with Gasteiger partial charge >= 0.3 is 6.18 Å². The van der Waals surface area contributed by atoms with Gasteiger partial charge in [0, 0.05) is 16.9 Å². The number of carbonyl (C=O) groups excluding carboxylic acids is 2. The normalized spacial score (nSPS) is 12.6. The Bertz CT molecular complexity index is 1300. The van der Waals surface area contributed by atoms with E-state index in [2.05, 4.69) is 15.4 Å². The number of halogens is 3. The second kappa shape index (κ2) is 10.1. The first-order chi connectivity index (χ1) is 16.0. The van der Waals surface area contributed by atoms with Crippen molar-refractivity contribution in [3.63, 3.8) is 0 Å². The molecule has 2 amide bonds. The molecule has 0 bridgehead atoms. The fourth-order valence-electron chi connectivity index (χ4n) is 2.92. The predicted octanol–water partition coefficient (Wildman–Crippen LogP) is 4.26. The highest BCUT2D eigenvalue weighted by atomic mass is 32.2. The molecule has 3 N–H and O–H groups in total. The molecule has 0 saturated carbocycles. The van der Waals surface area contributed by atoms with Crippen LogP contribution in [0.2, 0.25) is 0 Å². The van der Waals surface area contributed by atoms with E-state index < -0.39 is 39.6 Å². The molecule has 3 aromatic rings. The van der Waals surface area contributed by atoms with Gasteiger partial charge < -0.3 is 10.6 Å². The van der Waals surface area contributed by atoms with E-state index in [0.29, 0.717) is 0 Å². The predicted molar refractivity (Wildman–Crippen MR) is 121 cm³/mol. The maximum atomic E-state index is 12.9. The fourth-order valence-corrected chi connectivity index (χ4v) is 4.14. The Hall–Kier alpha value is -3.70. The van der Waals surface area contributed by atoms with E-state index in [-0.39, 0.29) is 21.8 Å². The number of sulfonamides is 1. The molecule has 178 valence electrons. The van der Waals surface area contributed by atoms with Gasteiger partial charge in [0.05, 0.1) is 16.5 Å². The SMILES string of the molecule is CC(NS(=O)(=O)c1ccccc1)C(=O)Nc1cccc(C(=O)Nc2cccc(C(F)(F)F)c2)c1. The van der Waals surface area contributed by atoms with Crippen LogP contribution in [0.4, 0.5) is 24.5 Å². The van der Waals surface area contributed by atoms with Gasteiger partial charge in [0.1, 0.15) is 0 Å². The van der Waals surface area contributed by atoms with Crippen molar-refractivity contribution >= 4 is 33.2 Å². The lowest BCUT2D eigenvalue weighted by Gasteiger charge is -2.15. The molecule has 0 aliphatic rings. The van der Waals surface area contributed by atoms with Gasteiger partial charge in [-0.2, -0.15) is 17.9 Å². The minimum Gasteiger partial charge on any atom is -0.325 e. The smallest absolute Gasteiger partial charge is 0.325 e. The summed E-state index contributed by atoms with van der Waals surface area (Å²) in [5, 5.41) is 4.89. The topological polar surface area (TPSA) is 104 Å². The molecule has 0 aliphatic carbocycles. The van der Waals surface area contributed by atoms with E-state index in [1.807, 2.05) is 0 Å². The highest BCUT2D eigenvalue weighted by Gasteiger charge is 2.30. The molecular formula is C23H20F3N3O4S. The Morgan fingerprint density at radius 3 is 2.09 bits per heavy atom. The van der Waals surface area contributed by atoms with E-state index in [0.717, 1.165) is 12.1 Å². The molecule has 34 heavy (non-hydrogen) atoms. The summed E-state index contributed by atoms with van der Waals surface area (Å²) in [7, 11) is -3.92. The Morgan fingerprint density at radius 2 is 1.44 bits per heavy atom. The summed E-state index contributed by atoms with van der Waals surface area (Å²) in [5.41, 5.74) is -0.670. The third-order valence-electron chi connectivity index (χ3n) is 4.62. The number of rotatable bonds is 7. The largest absolute Gasteiger partial charge is 0.416 e. The number of alkyl halides is 3. The maximum Gasteiger partial charge on any atom is 0.416 e. The van der Waals surface area contributed by atoms with Gasteiger partial charge in [-0.25, -0.2) is 8.42 Å². The minimum atomic E-state index is -4.55. The Morgan fingerprint density at radius 1 is 0.824 bits per heavy atom. The zero-order valence-corrected chi connectivity index (χ0v) is 18.6. The minimum absolute atomic E-state index is 0.00270. The van der Waals surface area contributed by atoms with E-state index in [9.17, 15) is 31.2 Å². The third-order valence-corrected chi connectivity index (χ3v) is 6.18. The average molecular weight is 491 g/mol. The van der Waals surface area contributed by atoms with Crippen LogP contribution in [0, 0.1) is 0 Å². The molecule has 1 unspecified atom stereocenters. The summed E-state index contributed by atoms with van der Waals surface area (Å²) in [6.45, 7) is 1.36. The van der Waals surface area contributed by atoms with Crippen molar-refractivity contribution in [1.29, 1.82) is 0 Å². The van der Waals surface area contributed by atoms with E-state index >= 15 is 0 Å². The van der Waals surface area contributed by atoms with Crippen LogP contribution in [0.3, 0.4) is 0 Å². The first-order valence-electron chi connectivity index (χ1n) is 9.92. The number of benzene rings is 3. The molecular weight excluding hydrogens is 471 g/mol. The molecule has 0 aromatic heterocycles. The van der Waals surface area contributed by atoms with Crippen molar-refractivity contribution in [2.24, 2.45) is 0 Å². The molecule has 0 aliphatic heterocycles. The first kappa shape index (κ1) is 24.9. The van der Waals surface area contributed by atoms with Crippen molar-refractivity contribution in [3.8, 4) is 0 Å².